The van der Waals surface area contributed by atoms with Crippen molar-refractivity contribution in [1.82, 2.24) is 0 Å². The topological polar surface area (TPSA) is 69.1 Å². The molecule has 0 saturated carbocycles. The second kappa shape index (κ2) is 6.00. The molecule has 0 heterocycles. The number of anilines is 2. The number of hydrogen-bond donors (Lipinski definition) is 2. The maximum atomic E-state index is 11.4. The van der Waals surface area contributed by atoms with Gasteiger partial charge in [-0.15, -0.1) is 0 Å². The average Bonchev–Trinajstić information content (AvgIpc) is 2.54. The van der Waals surface area contributed by atoms with Crippen molar-refractivity contribution in [2.75, 3.05) is 11.5 Å². The zero-order chi connectivity index (χ0) is 15.5. The molecule has 3 rings (SSSR count). The Balaban J connectivity index is 2.16. The highest BCUT2D eigenvalue weighted by Gasteiger charge is 2.06. The first-order valence-corrected chi connectivity index (χ1v) is 7.67. The summed E-state index contributed by atoms with van der Waals surface area (Å²) < 4.78 is 11.4. The summed E-state index contributed by atoms with van der Waals surface area (Å²) in [4.78, 5) is 0. The maximum absolute atomic E-state index is 11.4. The lowest BCUT2D eigenvalue weighted by atomic mass is 9.98. The molecule has 3 nitrogen and oxygen atoms in total. The molecule has 0 amide bonds. The minimum Gasteiger partial charge on any atom is -0.399 e. The summed E-state index contributed by atoms with van der Waals surface area (Å²) in [5.74, 6) is 0. The summed E-state index contributed by atoms with van der Waals surface area (Å²) in [6, 6.07) is 21.2. The van der Waals surface area contributed by atoms with Crippen LogP contribution in [0.1, 0.15) is 0 Å². The van der Waals surface area contributed by atoms with Crippen LogP contribution >= 0.6 is 8.46 Å². The van der Waals surface area contributed by atoms with E-state index in [1.165, 1.54) is 0 Å². The summed E-state index contributed by atoms with van der Waals surface area (Å²) in [6.45, 7) is 0. The fourth-order valence-corrected chi connectivity index (χ4v) is 2.82. The monoisotopic (exact) mass is 306 g/mol. The molecule has 3 aromatic carbocycles. The molecule has 0 saturated heterocycles. The Morgan fingerprint density at radius 3 is 1.55 bits per heavy atom. The van der Waals surface area contributed by atoms with Crippen molar-refractivity contribution in [2.45, 2.75) is 0 Å². The molecule has 0 bridgehead atoms. The van der Waals surface area contributed by atoms with Crippen molar-refractivity contribution in [3.05, 3.63) is 66.7 Å². The van der Waals surface area contributed by atoms with Crippen LogP contribution in [0.15, 0.2) is 66.7 Å². The van der Waals surface area contributed by atoms with Crippen LogP contribution in [-0.2, 0) is 4.57 Å². The van der Waals surface area contributed by atoms with Gasteiger partial charge in [-0.1, -0.05) is 24.3 Å². The molecule has 0 radical (unpaired) electrons. The Labute approximate surface area is 130 Å². The normalized spacial score (nSPS) is 10.7. The third-order valence-corrected chi connectivity index (χ3v) is 3.93. The first-order valence-electron chi connectivity index (χ1n) is 6.86. The van der Waals surface area contributed by atoms with E-state index in [9.17, 15) is 4.57 Å². The fraction of sp³-hybridized carbons (Fsp3) is 0. The van der Waals surface area contributed by atoms with E-state index in [1.807, 2.05) is 60.7 Å². The number of nitrogens with two attached hydrogens (primary N) is 2. The average molecular weight is 306 g/mol. The lowest BCUT2D eigenvalue weighted by molar-refractivity contribution is 0.603. The highest BCUT2D eigenvalue weighted by molar-refractivity contribution is 7.34. The van der Waals surface area contributed by atoms with Crippen LogP contribution in [0.3, 0.4) is 0 Å². The molecule has 0 spiro atoms. The van der Waals surface area contributed by atoms with E-state index < -0.39 is 0 Å². The van der Waals surface area contributed by atoms with Gasteiger partial charge in [0.05, 0.1) is 0 Å². The summed E-state index contributed by atoms with van der Waals surface area (Å²) in [5.41, 5.74) is 17.1. The zero-order valence-electron chi connectivity index (χ0n) is 11.9. The summed E-state index contributed by atoms with van der Waals surface area (Å²) in [7, 11) is -0.0115. The van der Waals surface area contributed by atoms with Gasteiger partial charge in [0.2, 0.25) is 0 Å². The van der Waals surface area contributed by atoms with Gasteiger partial charge in [0.15, 0.2) is 8.46 Å². The number of hydrogen-bond acceptors (Lipinski definition) is 3. The quantitative estimate of drug-likeness (QED) is 0.565. The van der Waals surface area contributed by atoms with Gasteiger partial charge in [0, 0.05) is 16.7 Å². The molecule has 0 atom stereocenters. The molecule has 108 valence electrons. The molecular weight excluding hydrogens is 291 g/mol. The maximum Gasteiger partial charge on any atom is 0.192 e. The van der Waals surface area contributed by atoms with Crippen LogP contribution in [0.25, 0.3) is 22.3 Å². The van der Waals surface area contributed by atoms with E-state index in [2.05, 4.69) is 6.07 Å². The van der Waals surface area contributed by atoms with E-state index in [1.54, 1.807) is 0 Å². The smallest absolute Gasteiger partial charge is 0.192 e. The van der Waals surface area contributed by atoms with E-state index in [0.717, 1.165) is 27.6 Å². The molecule has 0 unspecified atom stereocenters. The molecule has 0 aliphatic carbocycles. The molecule has 22 heavy (non-hydrogen) atoms. The molecule has 0 aliphatic heterocycles. The molecular formula is C18H15N2OP. The fourth-order valence-electron chi connectivity index (χ4n) is 2.43. The molecule has 0 aliphatic rings. The molecule has 3 aromatic rings. The molecule has 4 heteroatoms. The van der Waals surface area contributed by atoms with Crippen molar-refractivity contribution in [2.24, 2.45) is 0 Å². The third kappa shape index (κ3) is 3.00. The van der Waals surface area contributed by atoms with Crippen LogP contribution in [0.2, 0.25) is 0 Å². The highest BCUT2D eigenvalue weighted by atomic mass is 31.1. The van der Waals surface area contributed by atoms with Gasteiger partial charge in [-0.3, -0.25) is 4.57 Å². The second-order valence-corrected chi connectivity index (χ2v) is 5.81. The van der Waals surface area contributed by atoms with E-state index in [-0.39, 0.29) is 8.46 Å². The summed E-state index contributed by atoms with van der Waals surface area (Å²) in [6.07, 6.45) is 0. The Kier molecular flexibility index (Phi) is 3.90. The first-order chi connectivity index (χ1) is 10.7. The van der Waals surface area contributed by atoms with Gasteiger partial charge in [0.25, 0.3) is 0 Å². The molecule has 0 fully saturated rings. The van der Waals surface area contributed by atoms with Crippen LogP contribution in [-0.4, -0.2) is 0 Å². The zero-order valence-corrected chi connectivity index (χ0v) is 12.8. The Morgan fingerprint density at radius 1 is 0.636 bits per heavy atom. The second-order valence-electron chi connectivity index (χ2n) is 5.11. The van der Waals surface area contributed by atoms with Crippen molar-refractivity contribution < 1.29 is 4.57 Å². The SMILES string of the molecule is Nc1cccc(-c2cc(P=O)cc(-c3cccc(N)c3)c2)c1. The van der Waals surface area contributed by atoms with Crippen molar-refractivity contribution >= 4 is 25.1 Å². The largest absolute Gasteiger partial charge is 0.399 e. The van der Waals surface area contributed by atoms with Gasteiger partial charge < -0.3 is 11.5 Å². The minimum absolute atomic E-state index is 0.0115. The Morgan fingerprint density at radius 2 is 1.14 bits per heavy atom. The highest BCUT2D eigenvalue weighted by Crippen LogP contribution is 2.28. The van der Waals surface area contributed by atoms with Crippen LogP contribution in [0, 0.1) is 0 Å². The lowest BCUT2D eigenvalue weighted by Gasteiger charge is -2.09. The van der Waals surface area contributed by atoms with Gasteiger partial charge in [-0.05, 0) is 64.7 Å². The Bertz CT molecular complexity index is 782. The first kappa shape index (κ1) is 14.3. The summed E-state index contributed by atoms with van der Waals surface area (Å²) >= 11 is 0. The van der Waals surface area contributed by atoms with Crippen LogP contribution < -0.4 is 16.8 Å². The molecule has 4 N–H and O–H groups in total. The predicted molar refractivity (Wildman–Crippen MR) is 93.4 cm³/mol. The number of rotatable bonds is 3. The summed E-state index contributed by atoms with van der Waals surface area (Å²) in [5, 5.41) is 0.720. The predicted octanol–water partition coefficient (Wildman–Crippen LogP) is 4.10. The third-order valence-electron chi connectivity index (χ3n) is 3.46. The Hall–Kier alpha value is -2.64. The number of nitrogen functional groups attached to an aromatic ring is 2. The van der Waals surface area contributed by atoms with Crippen LogP contribution in [0.4, 0.5) is 11.4 Å². The van der Waals surface area contributed by atoms with Gasteiger partial charge >= 0.3 is 0 Å². The molecule has 0 aromatic heterocycles. The van der Waals surface area contributed by atoms with Gasteiger partial charge in [-0.25, -0.2) is 0 Å². The lowest BCUT2D eigenvalue weighted by Crippen LogP contribution is -1.95. The standard InChI is InChI=1S/C18H15N2OP/c19-16-5-1-3-12(8-16)14-7-15(11-18(10-14)22-21)13-4-2-6-17(20)9-13/h1-11H,19-20H2. The van der Waals surface area contributed by atoms with Crippen molar-refractivity contribution in [3.63, 3.8) is 0 Å². The van der Waals surface area contributed by atoms with Crippen molar-refractivity contribution in [3.8, 4) is 22.3 Å². The van der Waals surface area contributed by atoms with Crippen molar-refractivity contribution in [1.29, 1.82) is 0 Å². The van der Waals surface area contributed by atoms with Gasteiger partial charge in [0.1, 0.15) is 0 Å². The van der Waals surface area contributed by atoms with E-state index in [0.29, 0.717) is 11.4 Å². The van der Waals surface area contributed by atoms with Gasteiger partial charge in [-0.2, -0.15) is 0 Å². The van der Waals surface area contributed by atoms with Crippen LogP contribution in [0.5, 0.6) is 0 Å². The van der Waals surface area contributed by atoms with E-state index in [4.69, 9.17) is 11.5 Å². The van der Waals surface area contributed by atoms with E-state index >= 15 is 0 Å². The minimum atomic E-state index is -0.0115. The number of benzene rings is 3.